The third-order valence-corrected chi connectivity index (χ3v) is 3.09. The second kappa shape index (κ2) is 4.48. The SMILES string of the molecule is CC1=COC(CCl)(c2ccc(C#N)cc2Cl)O1. The molecular weight excluding hydrogens is 261 g/mol. The summed E-state index contributed by atoms with van der Waals surface area (Å²) in [5.74, 6) is -0.352. The highest BCUT2D eigenvalue weighted by Crippen LogP contribution is 2.39. The largest absolute Gasteiger partial charge is 0.451 e. The van der Waals surface area contributed by atoms with Crippen molar-refractivity contribution in [2.75, 3.05) is 5.88 Å². The first-order valence-electron chi connectivity index (χ1n) is 4.91. The third kappa shape index (κ3) is 2.06. The Morgan fingerprint density at radius 3 is 2.71 bits per heavy atom. The molecule has 0 bridgehead atoms. The number of hydrogen-bond acceptors (Lipinski definition) is 3. The molecule has 0 spiro atoms. The van der Waals surface area contributed by atoms with Crippen molar-refractivity contribution >= 4 is 23.2 Å². The number of nitriles is 1. The summed E-state index contributed by atoms with van der Waals surface area (Å²) in [5, 5.41) is 9.17. The average molecular weight is 270 g/mol. The summed E-state index contributed by atoms with van der Waals surface area (Å²) >= 11 is 12.0. The predicted octanol–water partition coefficient (Wildman–Crippen LogP) is 3.51. The first-order valence-corrected chi connectivity index (χ1v) is 5.82. The summed E-state index contributed by atoms with van der Waals surface area (Å²) in [6.45, 7) is 1.77. The van der Waals surface area contributed by atoms with Gasteiger partial charge in [-0.2, -0.15) is 5.26 Å². The van der Waals surface area contributed by atoms with Gasteiger partial charge in [0.25, 0.3) is 5.79 Å². The van der Waals surface area contributed by atoms with Gasteiger partial charge in [0.1, 0.15) is 17.9 Å². The molecule has 0 radical (unpaired) electrons. The molecule has 0 amide bonds. The number of allylic oxidation sites excluding steroid dienone is 1. The molecule has 1 aromatic carbocycles. The third-order valence-electron chi connectivity index (χ3n) is 2.43. The lowest BCUT2D eigenvalue weighted by Crippen LogP contribution is -2.30. The summed E-state index contributed by atoms with van der Waals surface area (Å²) < 4.78 is 11.0. The lowest BCUT2D eigenvalue weighted by molar-refractivity contribution is -0.136. The fourth-order valence-corrected chi connectivity index (χ4v) is 2.22. The highest BCUT2D eigenvalue weighted by atomic mass is 35.5. The number of nitrogens with zero attached hydrogens (tertiary/aromatic N) is 1. The van der Waals surface area contributed by atoms with Gasteiger partial charge < -0.3 is 9.47 Å². The van der Waals surface area contributed by atoms with Crippen LogP contribution in [-0.4, -0.2) is 5.88 Å². The van der Waals surface area contributed by atoms with E-state index in [0.29, 0.717) is 21.9 Å². The Morgan fingerprint density at radius 1 is 1.47 bits per heavy atom. The first-order chi connectivity index (χ1) is 8.11. The van der Waals surface area contributed by atoms with Crippen LogP contribution in [0.1, 0.15) is 18.1 Å². The predicted molar refractivity (Wildman–Crippen MR) is 64.5 cm³/mol. The van der Waals surface area contributed by atoms with Crippen molar-refractivity contribution in [3.8, 4) is 6.07 Å². The molecule has 1 aliphatic rings. The number of rotatable bonds is 2. The van der Waals surface area contributed by atoms with Crippen LogP contribution in [-0.2, 0) is 15.3 Å². The molecule has 2 rings (SSSR count). The maximum absolute atomic E-state index is 8.77. The van der Waals surface area contributed by atoms with Gasteiger partial charge in [0.05, 0.1) is 22.2 Å². The van der Waals surface area contributed by atoms with Crippen LogP contribution in [0.2, 0.25) is 5.02 Å². The van der Waals surface area contributed by atoms with E-state index in [-0.39, 0.29) is 5.88 Å². The van der Waals surface area contributed by atoms with Gasteiger partial charge in [-0.3, -0.25) is 0 Å². The molecule has 1 aliphatic heterocycles. The van der Waals surface area contributed by atoms with Crippen LogP contribution in [0, 0.1) is 11.3 Å². The Bertz CT molecular complexity index is 522. The van der Waals surface area contributed by atoms with Crippen molar-refractivity contribution in [1.82, 2.24) is 0 Å². The lowest BCUT2D eigenvalue weighted by atomic mass is 10.1. The Kier molecular flexibility index (Phi) is 3.19. The van der Waals surface area contributed by atoms with Crippen LogP contribution >= 0.6 is 23.2 Å². The minimum atomic E-state index is -1.09. The fraction of sp³-hybridized carbons (Fsp3) is 0.250. The summed E-state index contributed by atoms with van der Waals surface area (Å²) in [6, 6.07) is 6.91. The first kappa shape index (κ1) is 12.1. The molecule has 5 heteroatoms. The normalized spacial score (nSPS) is 22.4. The minimum absolute atomic E-state index is 0.104. The standard InChI is InChI=1S/C12H9Cl2NO2/c1-8-6-16-12(7-13,17-8)10-3-2-9(5-15)4-11(10)14/h2-4,6H,7H2,1H3. The summed E-state index contributed by atoms with van der Waals surface area (Å²) in [6.07, 6.45) is 1.50. The number of ether oxygens (including phenoxy) is 2. The lowest BCUT2D eigenvalue weighted by Gasteiger charge is -2.27. The zero-order valence-electron chi connectivity index (χ0n) is 9.04. The Labute approximate surface area is 109 Å². The Morgan fingerprint density at radius 2 is 2.24 bits per heavy atom. The highest BCUT2D eigenvalue weighted by Gasteiger charge is 2.41. The van der Waals surface area contributed by atoms with Gasteiger partial charge in [0.2, 0.25) is 0 Å². The molecule has 88 valence electrons. The van der Waals surface area contributed by atoms with Crippen LogP contribution in [0.5, 0.6) is 0 Å². The minimum Gasteiger partial charge on any atom is -0.451 e. The van der Waals surface area contributed by atoms with E-state index in [9.17, 15) is 0 Å². The molecule has 0 aromatic heterocycles. The molecule has 1 aromatic rings. The van der Waals surface area contributed by atoms with Crippen molar-refractivity contribution in [3.05, 3.63) is 46.4 Å². The van der Waals surface area contributed by atoms with Gasteiger partial charge >= 0.3 is 0 Å². The van der Waals surface area contributed by atoms with Gasteiger partial charge in [-0.25, -0.2) is 0 Å². The molecule has 0 saturated heterocycles. The van der Waals surface area contributed by atoms with Crippen LogP contribution < -0.4 is 0 Å². The second-order valence-electron chi connectivity index (χ2n) is 3.64. The van der Waals surface area contributed by atoms with Crippen molar-refractivity contribution in [3.63, 3.8) is 0 Å². The average Bonchev–Trinajstić information content (AvgIpc) is 2.72. The summed E-state index contributed by atoms with van der Waals surface area (Å²) in [5.41, 5.74) is 1.09. The molecule has 17 heavy (non-hydrogen) atoms. The number of alkyl halides is 1. The molecule has 0 N–H and O–H groups in total. The molecule has 1 unspecified atom stereocenters. The van der Waals surface area contributed by atoms with Crippen molar-refractivity contribution < 1.29 is 9.47 Å². The van der Waals surface area contributed by atoms with Crippen LogP contribution in [0.15, 0.2) is 30.2 Å². The molecule has 0 aliphatic carbocycles. The number of halogens is 2. The summed E-state index contributed by atoms with van der Waals surface area (Å²) in [7, 11) is 0. The van der Waals surface area contributed by atoms with Crippen LogP contribution in [0.3, 0.4) is 0 Å². The van der Waals surface area contributed by atoms with Crippen molar-refractivity contribution in [2.45, 2.75) is 12.7 Å². The zero-order valence-corrected chi connectivity index (χ0v) is 10.5. The maximum Gasteiger partial charge on any atom is 0.292 e. The van der Waals surface area contributed by atoms with E-state index in [1.54, 1.807) is 25.1 Å². The van der Waals surface area contributed by atoms with Gasteiger partial charge in [0, 0.05) is 0 Å². The van der Waals surface area contributed by atoms with E-state index in [2.05, 4.69) is 0 Å². The van der Waals surface area contributed by atoms with Crippen molar-refractivity contribution in [1.29, 1.82) is 5.26 Å². The molecule has 1 heterocycles. The quantitative estimate of drug-likeness (QED) is 0.772. The van der Waals surface area contributed by atoms with Crippen LogP contribution in [0.25, 0.3) is 0 Å². The fourth-order valence-electron chi connectivity index (χ4n) is 1.63. The van der Waals surface area contributed by atoms with E-state index in [4.69, 9.17) is 37.9 Å². The van der Waals surface area contributed by atoms with Gasteiger partial charge in [-0.1, -0.05) is 11.6 Å². The highest BCUT2D eigenvalue weighted by molar-refractivity contribution is 6.31. The van der Waals surface area contributed by atoms with Gasteiger partial charge in [-0.05, 0) is 25.1 Å². The Hall–Kier alpha value is -1.37. The molecular formula is C12H9Cl2NO2. The molecule has 1 atom stereocenters. The molecule has 0 fully saturated rings. The maximum atomic E-state index is 8.77. The smallest absolute Gasteiger partial charge is 0.292 e. The second-order valence-corrected chi connectivity index (χ2v) is 4.32. The van der Waals surface area contributed by atoms with Gasteiger partial charge in [-0.15, -0.1) is 11.6 Å². The number of hydrogen-bond donors (Lipinski definition) is 0. The van der Waals surface area contributed by atoms with E-state index in [1.807, 2.05) is 6.07 Å². The van der Waals surface area contributed by atoms with E-state index in [0.717, 1.165) is 0 Å². The monoisotopic (exact) mass is 269 g/mol. The van der Waals surface area contributed by atoms with Crippen LogP contribution in [0.4, 0.5) is 0 Å². The number of benzene rings is 1. The van der Waals surface area contributed by atoms with E-state index < -0.39 is 5.79 Å². The molecule has 0 saturated carbocycles. The van der Waals surface area contributed by atoms with Gasteiger partial charge in [0.15, 0.2) is 0 Å². The molecule has 3 nitrogen and oxygen atoms in total. The van der Waals surface area contributed by atoms with E-state index >= 15 is 0 Å². The Balaban J connectivity index is 2.43. The summed E-state index contributed by atoms with van der Waals surface area (Å²) in [4.78, 5) is 0. The topological polar surface area (TPSA) is 42.2 Å². The van der Waals surface area contributed by atoms with E-state index in [1.165, 1.54) is 6.26 Å². The zero-order chi connectivity index (χ0) is 12.5. The van der Waals surface area contributed by atoms with Crippen molar-refractivity contribution in [2.24, 2.45) is 0 Å².